The Morgan fingerprint density at radius 1 is 1.00 bits per heavy atom. The van der Waals surface area contributed by atoms with Gasteiger partial charge in [-0.3, -0.25) is 9.59 Å². The molecule has 0 radical (unpaired) electrons. The van der Waals surface area contributed by atoms with E-state index in [2.05, 4.69) is 15.8 Å². The minimum absolute atomic E-state index is 0.290. The van der Waals surface area contributed by atoms with E-state index in [-0.39, 0.29) is 6.61 Å². The van der Waals surface area contributed by atoms with Crippen LogP contribution in [-0.2, 0) is 16.2 Å². The number of rotatable bonds is 9. The maximum Gasteiger partial charge on any atom is 0.252 e. The molecule has 0 heterocycles. The van der Waals surface area contributed by atoms with Crippen LogP contribution in [-0.4, -0.2) is 25.1 Å². The third-order valence-corrected chi connectivity index (χ3v) is 5.25. The lowest BCUT2D eigenvalue weighted by molar-refractivity contribution is -0.131. The third-order valence-electron chi connectivity index (χ3n) is 4.78. The molecule has 2 amide bonds. The van der Waals surface area contributed by atoms with Gasteiger partial charge in [0.15, 0.2) is 0 Å². The van der Waals surface area contributed by atoms with Gasteiger partial charge in [0.2, 0.25) is 5.91 Å². The summed E-state index contributed by atoms with van der Waals surface area (Å²) in [5.41, 5.74) is 4.39. The van der Waals surface area contributed by atoms with E-state index in [9.17, 15) is 9.59 Å². The van der Waals surface area contributed by atoms with Gasteiger partial charge in [-0.1, -0.05) is 35.3 Å². The van der Waals surface area contributed by atoms with E-state index in [4.69, 9.17) is 32.7 Å². The number of halogens is 2. The zero-order valence-corrected chi connectivity index (χ0v) is 20.1. The smallest absolute Gasteiger partial charge is 0.252 e. The van der Waals surface area contributed by atoms with Crippen molar-refractivity contribution < 1.29 is 19.1 Å². The van der Waals surface area contributed by atoms with Crippen molar-refractivity contribution in [1.82, 2.24) is 5.43 Å². The number of hydrogen-bond donors (Lipinski definition) is 2. The van der Waals surface area contributed by atoms with Crippen molar-refractivity contribution in [1.29, 1.82) is 0 Å². The fraction of sp³-hybridized carbons (Fsp3) is 0.160. The van der Waals surface area contributed by atoms with Crippen molar-refractivity contribution in [3.8, 4) is 11.5 Å². The third kappa shape index (κ3) is 7.23. The maximum absolute atomic E-state index is 12.4. The molecule has 0 saturated carbocycles. The topological polar surface area (TPSA) is 89.0 Å². The predicted molar refractivity (Wildman–Crippen MR) is 134 cm³/mol. The highest BCUT2D eigenvalue weighted by atomic mass is 35.5. The van der Waals surface area contributed by atoms with Crippen molar-refractivity contribution in [3.05, 3.63) is 87.9 Å². The Hall–Kier alpha value is -3.55. The van der Waals surface area contributed by atoms with Gasteiger partial charge in [0.25, 0.3) is 5.91 Å². The number of anilines is 1. The molecule has 0 aliphatic carbocycles. The summed E-state index contributed by atoms with van der Waals surface area (Å²) in [5, 5.41) is 7.74. The molecule has 9 heteroatoms. The number of carbonyl (C=O) groups excluding carboxylic acids is 2. The van der Waals surface area contributed by atoms with Crippen LogP contribution in [0.15, 0.2) is 71.8 Å². The SMILES string of the molecule is COc1ccc(NC(=O)C(C)C(=O)NN=Cc2cc(Cl)ccc2OCc2cccc(Cl)c2)cc1. The fourth-order valence-corrected chi connectivity index (χ4v) is 3.24. The summed E-state index contributed by atoms with van der Waals surface area (Å²) in [6, 6.07) is 19.2. The number of carbonyl (C=O) groups is 2. The first kappa shape index (κ1) is 25.1. The van der Waals surface area contributed by atoms with Gasteiger partial charge < -0.3 is 14.8 Å². The first-order valence-corrected chi connectivity index (χ1v) is 11.1. The van der Waals surface area contributed by atoms with Crippen LogP contribution in [0.25, 0.3) is 0 Å². The van der Waals surface area contributed by atoms with Gasteiger partial charge in [0.1, 0.15) is 24.0 Å². The Bertz CT molecular complexity index is 1180. The molecular weight excluding hydrogens is 477 g/mol. The zero-order chi connectivity index (χ0) is 24.5. The monoisotopic (exact) mass is 499 g/mol. The van der Waals surface area contributed by atoms with Gasteiger partial charge in [0, 0.05) is 21.3 Å². The molecule has 2 N–H and O–H groups in total. The highest BCUT2D eigenvalue weighted by Gasteiger charge is 2.21. The average molecular weight is 500 g/mol. The Balaban J connectivity index is 1.59. The van der Waals surface area contributed by atoms with Crippen molar-refractivity contribution in [2.75, 3.05) is 12.4 Å². The summed E-state index contributed by atoms with van der Waals surface area (Å²) in [4.78, 5) is 24.8. The molecule has 3 aromatic rings. The molecule has 34 heavy (non-hydrogen) atoms. The lowest BCUT2D eigenvalue weighted by atomic mass is 10.1. The van der Waals surface area contributed by atoms with E-state index in [1.807, 2.05) is 18.2 Å². The number of benzene rings is 3. The van der Waals surface area contributed by atoms with Crippen LogP contribution >= 0.6 is 23.2 Å². The number of nitrogens with zero attached hydrogens (tertiary/aromatic N) is 1. The summed E-state index contributed by atoms with van der Waals surface area (Å²) in [5.74, 6) is -0.822. The van der Waals surface area contributed by atoms with Gasteiger partial charge in [0.05, 0.1) is 13.3 Å². The predicted octanol–water partition coefficient (Wildman–Crippen LogP) is 5.31. The van der Waals surface area contributed by atoms with E-state index in [0.29, 0.717) is 32.8 Å². The first-order valence-electron chi connectivity index (χ1n) is 10.3. The lowest BCUT2D eigenvalue weighted by Crippen LogP contribution is -2.34. The normalized spacial score (nSPS) is 11.6. The summed E-state index contributed by atoms with van der Waals surface area (Å²) in [7, 11) is 1.55. The van der Waals surface area contributed by atoms with E-state index in [1.54, 1.807) is 55.6 Å². The van der Waals surface area contributed by atoms with Gasteiger partial charge >= 0.3 is 0 Å². The Morgan fingerprint density at radius 2 is 1.74 bits per heavy atom. The second-order valence-electron chi connectivity index (χ2n) is 7.27. The molecule has 3 rings (SSSR count). The largest absolute Gasteiger partial charge is 0.497 e. The van der Waals surface area contributed by atoms with Crippen molar-refractivity contribution in [2.24, 2.45) is 11.0 Å². The standard InChI is InChI=1S/C25H23Cl2N3O4/c1-16(24(31)29-21-7-9-22(33-2)10-8-21)25(32)30-28-14-18-13-20(27)6-11-23(18)34-15-17-4-3-5-19(26)12-17/h3-14,16H,15H2,1-2H3,(H,29,31)(H,30,32). The zero-order valence-electron chi connectivity index (χ0n) is 18.5. The van der Waals surface area contributed by atoms with Gasteiger partial charge in [-0.2, -0.15) is 5.10 Å². The Labute approximate surface area is 207 Å². The summed E-state index contributed by atoms with van der Waals surface area (Å²) in [6.45, 7) is 1.78. The molecule has 0 bridgehead atoms. The molecule has 0 fully saturated rings. The molecule has 0 aromatic heterocycles. The molecule has 0 saturated heterocycles. The van der Waals surface area contributed by atoms with Crippen molar-refractivity contribution >= 4 is 46.9 Å². The molecule has 0 aliphatic heterocycles. The van der Waals surface area contributed by atoms with E-state index in [1.165, 1.54) is 13.1 Å². The summed E-state index contributed by atoms with van der Waals surface area (Å²) < 4.78 is 10.9. The van der Waals surface area contributed by atoms with Crippen LogP contribution < -0.4 is 20.2 Å². The molecule has 3 aromatic carbocycles. The first-order chi connectivity index (χ1) is 16.4. The van der Waals surface area contributed by atoms with Crippen LogP contribution in [0.4, 0.5) is 5.69 Å². The quantitative estimate of drug-likeness (QED) is 0.237. The van der Waals surface area contributed by atoms with Crippen LogP contribution in [0.2, 0.25) is 10.0 Å². The number of hydrazone groups is 1. The second kappa shape index (κ2) is 12.1. The van der Waals surface area contributed by atoms with Gasteiger partial charge in [-0.05, 0) is 67.1 Å². The number of methoxy groups -OCH3 is 1. The van der Waals surface area contributed by atoms with Crippen LogP contribution in [0, 0.1) is 5.92 Å². The van der Waals surface area contributed by atoms with E-state index < -0.39 is 17.7 Å². The maximum atomic E-state index is 12.4. The summed E-state index contributed by atoms with van der Waals surface area (Å²) >= 11 is 12.1. The minimum Gasteiger partial charge on any atom is -0.497 e. The molecule has 176 valence electrons. The Morgan fingerprint density at radius 3 is 2.44 bits per heavy atom. The second-order valence-corrected chi connectivity index (χ2v) is 8.15. The number of hydrogen-bond acceptors (Lipinski definition) is 5. The molecule has 1 atom stereocenters. The summed E-state index contributed by atoms with van der Waals surface area (Å²) in [6.07, 6.45) is 1.41. The van der Waals surface area contributed by atoms with Gasteiger partial charge in [-0.15, -0.1) is 0 Å². The molecular formula is C25H23Cl2N3O4. The highest BCUT2D eigenvalue weighted by molar-refractivity contribution is 6.31. The van der Waals surface area contributed by atoms with Gasteiger partial charge in [-0.25, -0.2) is 5.43 Å². The number of nitrogens with one attached hydrogen (secondary N) is 2. The highest BCUT2D eigenvalue weighted by Crippen LogP contribution is 2.23. The molecule has 1 unspecified atom stereocenters. The van der Waals surface area contributed by atoms with Crippen LogP contribution in [0.1, 0.15) is 18.1 Å². The molecule has 7 nitrogen and oxygen atoms in total. The minimum atomic E-state index is -0.975. The van der Waals surface area contributed by atoms with Crippen molar-refractivity contribution in [3.63, 3.8) is 0 Å². The number of amides is 2. The fourth-order valence-electron chi connectivity index (χ4n) is 2.85. The van der Waals surface area contributed by atoms with Crippen LogP contribution in [0.3, 0.4) is 0 Å². The molecule has 0 aliphatic rings. The molecule has 0 spiro atoms. The van der Waals surface area contributed by atoms with E-state index in [0.717, 1.165) is 5.56 Å². The number of ether oxygens (including phenoxy) is 2. The van der Waals surface area contributed by atoms with Crippen LogP contribution in [0.5, 0.6) is 11.5 Å². The lowest BCUT2D eigenvalue weighted by Gasteiger charge is -2.12. The Kier molecular flexibility index (Phi) is 8.90. The van der Waals surface area contributed by atoms with Crippen molar-refractivity contribution in [2.45, 2.75) is 13.5 Å². The average Bonchev–Trinajstić information content (AvgIpc) is 2.83. The van der Waals surface area contributed by atoms with E-state index >= 15 is 0 Å².